The number of nitrogens with zero attached hydrogens (tertiary/aromatic N) is 2. The molecular formula is C38H46ClF3N8O3S. The van der Waals surface area contributed by atoms with Gasteiger partial charge in [-0.25, -0.2) is 4.98 Å². The fourth-order valence-corrected chi connectivity index (χ4v) is 7.89. The van der Waals surface area contributed by atoms with E-state index in [1.54, 1.807) is 49.6 Å². The zero-order valence-corrected chi connectivity index (χ0v) is 31.8. The Hall–Kier alpha value is -4.15. The number of unbranched alkanes of at least 4 members (excludes halogenated alkanes) is 1. The van der Waals surface area contributed by atoms with Crippen LogP contribution in [0, 0.1) is 6.92 Å². The van der Waals surface area contributed by atoms with Gasteiger partial charge in [0.2, 0.25) is 17.7 Å². The number of fused-ring (bicyclic) bond motifs is 3. The van der Waals surface area contributed by atoms with Gasteiger partial charge in [-0.05, 0) is 105 Å². The number of aryl methyl sites for hydroxylation is 1. The van der Waals surface area contributed by atoms with Crippen LogP contribution >= 0.6 is 23.4 Å². The number of nitrogens with two attached hydrogens (primary N) is 2. The van der Waals surface area contributed by atoms with E-state index in [9.17, 15) is 27.6 Å². The molecular weight excluding hydrogens is 741 g/mol. The lowest BCUT2D eigenvalue weighted by molar-refractivity contribution is -0.142. The molecule has 54 heavy (non-hydrogen) atoms. The molecule has 2 aromatic carbocycles. The number of amides is 3. The molecule has 0 saturated carbocycles. The molecule has 1 aliphatic rings. The summed E-state index contributed by atoms with van der Waals surface area (Å²) in [6.45, 7) is 2.09. The highest BCUT2D eigenvalue weighted by atomic mass is 35.5. The zero-order chi connectivity index (χ0) is 39.0. The van der Waals surface area contributed by atoms with E-state index in [0.717, 1.165) is 28.7 Å². The average Bonchev–Trinajstić information content (AvgIpc) is 3.53. The largest absolute Gasteiger partial charge is 0.416 e. The van der Waals surface area contributed by atoms with Gasteiger partial charge in [0, 0.05) is 59.8 Å². The molecule has 2 aromatic heterocycles. The first-order valence-corrected chi connectivity index (χ1v) is 19.1. The summed E-state index contributed by atoms with van der Waals surface area (Å²) in [5, 5.41) is 10.6. The molecule has 3 amide bonds. The van der Waals surface area contributed by atoms with Crippen LogP contribution in [0.1, 0.15) is 59.9 Å². The number of pyridine rings is 1. The van der Waals surface area contributed by atoms with Crippen molar-refractivity contribution in [2.75, 3.05) is 20.1 Å². The first-order valence-electron chi connectivity index (χ1n) is 17.9. The van der Waals surface area contributed by atoms with Gasteiger partial charge in [0.15, 0.2) is 0 Å². The van der Waals surface area contributed by atoms with Crippen molar-refractivity contribution in [3.8, 4) is 0 Å². The molecule has 0 fully saturated rings. The van der Waals surface area contributed by atoms with Crippen molar-refractivity contribution in [3.05, 3.63) is 87.7 Å². The van der Waals surface area contributed by atoms with E-state index < -0.39 is 54.1 Å². The topological polar surface area (TPSA) is 171 Å². The van der Waals surface area contributed by atoms with Gasteiger partial charge < -0.3 is 37.3 Å². The van der Waals surface area contributed by atoms with Gasteiger partial charge in [-0.1, -0.05) is 35.5 Å². The van der Waals surface area contributed by atoms with Crippen molar-refractivity contribution >= 4 is 52.0 Å². The van der Waals surface area contributed by atoms with Crippen molar-refractivity contribution in [2.45, 2.75) is 92.8 Å². The Morgan fingerprint density at radius 2 is 1.74 bits per heavy atom. The van der Waals surface area contributed by atoms with E-state index in [1.165, 1.54) is 18.0 Å². The number of benzene rings is 2. The minimum absolute atomic E-state index is 0.00257. The minimum Gasteiger partial charge on any atom is -0.361 e. The Morgan fingerprint density at radius 1 is 0.981 bits per heavy atom. The summed E-state index contributed by atoms with van der Waals surface area (Å²) < 4.78 is 43.9. The molecule has 3 heterocycles. The fraction of sp³-hybridized carbons (Fsp3) is 0.421. The van der Waals surface area contributed by atoms with Crippen molar-refractivity contribution < 1.29 is 27.6 Å². The van der Waals surface area contributed by atoms with Gasteiger partial charge in [0.1, 0.15) is 17.1 Å². The predicted molar refractivity (Wildman–Crippen MR) is 204 cm³/mol. The molecule has 8 N–H and O–H groups in total. The number of halogens is 4. The summed E-state index contributed by atoms with van der Waals surface area (Å²) in [6.07, 6.45) is 0.759. The maximum absolute atomic E-state index is 14.6. The highest BCUT2D eigenvalue weighted by Gasteiger charge is 2.37. The Balaban J connectivity index is 1.63. The van der Waals surface area contributed by atoms with E-state index >= 15 is 0 Å². The number of alkyl halides is 3. The van der Waals surface area contributed by atoms with Crippen LogP contribution in [-0.2, 0) is 40.1 Å². The van der Waals surface area contributed by atoms with Crippen LogP contribution in [0.4, 0.5) is 13.2 Å². The summed E-state index contributed by atoms with van der Waals surface area (Å²) >= 11 is 7.38. The highest BCUT2D eigenvalue weighted by Crippen LogP contribution is 2.41. The molecule has 0 bridgehead atoms. The molecule has 4 aromatic rings. The molecule has 3 atom stereocenters. The monoisotopic (exact) mass is 786 g/mol. The summed E-state index contributed by atoms with van der Waals surface area (Å²) in [6, 6.07) is 8.17. The summed E-state index contributed by atoms with van der Waals surface area (Å²) in [7, 11) is 1.46. The third-order valence-electron chi connectivity index (χ3n) is 9.63. The van der Waals surface area contributed by atoms with Gasteiger partial charge in [-0.15, -0.1) is 0 Å². The van der Waals surface area contributed by atoms with Crippen LogP contribution in [0.15, 0.2) is 64.8 Å². The number of nitrogens with one attached hydrogen (secondary N) is 4. The second-order valence-electron chi connectivity index (χ2n) is 13.4. The summed E-state index contributed by atoms with van der Waals surface area (Å²) in [5.41, 5.74) is 13.2. The lowest BCUT2D eigenvalue weighted by Gasteiger charge is -2.32. The van der Waals surface area contributed by atoms with Gasteiger partial charge in [-0.3, -0.25) is 14.4 Å². The Morgan fingerprint density at radius 3 is 2.48 bits per heavy atom. The third kappa shape index (κ3) is 9.93. The van der Waals surface area contributed by atoms with Crippen LogP contribution in [-0.4, -0.2) is 70.9 Å². The van der Waals surface area contributed by atoms with Gasteiger partial charge >= 0.3 is 6.18 Å². The molecule has 0 saturated heterocycles. The Bertz CT molecular complexity index is 1960. The van der Waals surface area contributed by atoms with E-state index in [1.807, 2.05) is 0 Å². The average molecular weight is 787 g/mol. The molecule has 0 aliphatic carbocycles. The summed E-state index contributed by atoms with van der Waals surface area (Å²) in [4.78, 5) is 51.9. The van der Waals surface area contributed by atoms with E-state index in [2.05, 4.69) is 25.9 Å². The number of hydrogen-bond donors (Lipinski definition) is 6. The Kier molecular flexibility index (Phi) is 14.0. The number of rotatable bonds is 9. The fourth-order valence-electron chi connectivity index (χ4n) is 6.60. The molecule has 0 spiro atoms. The van der Waals surface area contributed by atoms with Crippen LogP contribution < -0.4 is 27.4 Å². The highest BCUT2D eigenvalue weighted by molar-refractivity contribution is 7.99. The number of H-pyrrole nitrogens is 1. The maximum Gasteiger partial charge on any atom is 0.416 e. The van der Waals surface area contributed by atoms with Crippen molar-refractivity contribution in [1.82, 2.24) is 30.8 Å². The van der Waals surface area contributed by atoms with Gasteiger partial charge in [0.05, 0.1) is 11.6 Å². The lowest BCUT2D eigenvalue weighted by atomic mass is 10.00. The van der Waals surface area contributed by atoms with Crippen molar-refractivity contribution in [1.29, 1.82) is 0 Å². The van der Waals surface area contributed by atoms with Crippen LogP contribution in [0.25, 0.3) is 10.9 Å². The minimum atomic E-state index is -4.73. The number of carbonyl (C=O) groups excluding carboxylic acids is 3. The zero-order valence-electron chi connectivity index (χ0n) is 30.2. The Labute approximate surface area is 321 Å². The van der Waals surface area contributed by atoms with E-state index in [4.69, 9.17) is 23.1 Å². The molecule has 16 heteroatoms. The predicted octanol–water partition coefficient (Wildman–Crippen LogP) is 5.21. The second kappa shape index (κ2) is 18.5. The van der Waals surface area contributed by atoms with Crippen LogP contribution in [0.3, 0.4) is 0 Å². The van der Waals surface area contributed by atoms with Crippen LogP contribution in [0.5, 0.6) is 0 Å². The molecule has 0 radical (unpaired) electrons. The molecule has 5 rings (SSSR count). The normalized spacial score (nSPS) is 19.2. The van der Waals surface area contributed by atoms with Crippen molar-refractivity contribution in [3.63, 3.8) is 0 Å². The lowest BCUT2D eigenvalue weighted by Crippen LogP contribution is -2.57. The molecule has 1 aliphatic heterocycles. The first-order chi connectivity index (χ1) is 25.8. The third-order valence-corrected chi connectivity index (χ3v) is 11.2. The number of likely N-dealkylation sites (N-methyl/N-ethyl adjacent to an activating group) is 1. The smallest absolute Gasteiger partial charge is 0.361 e. The molecule has 290 valence electrons. The second-order valence-corrected chi connectivity index (χ2v) is 14.8. The number of hydrogen-bond acceptors (Lipinski definition) is 8. The van der Waals surface area contributed by atoms with Crippen molar-refractivity contribution in [2.24, 2.45) is 11.5 Å². The standard InChI is InChI=1S/C38H46ClF3N8O3S/c1-22-10-12-28(38(40,41)42)27-21-48-35(52)32(17-24-20-46-29-13-11-25(39)18-26(24)29)50(2)37(53)31(8-3-4-14-43)49-34(51)30(9-5-15-44)47-19-23-7-6-16-45-36(23)54-33(22)27/h6-7,10-13,16,18,20,30-32,46-47H,3-5,8-9,14-15,17,19,21,43-44H2,1-2H3,(H,48,52)(H,49,51). The van der Waals surface area contributed by atoms with Gasteiger partial charge in [0.25, 0.3) is 0 Å². The van der Waals surface area contributed by atoms with Crippen LogP contribution in [0.2, 0.25) is 5.02 Å². The van der Waals surface area contributed by atoms with E-state index in [0.29, 0.717) is 70.4 Å². The summed E-state index contributed by atoms with van der Waals surface area (Å²) in [5.74, 6) is -1.63. The molecule has 3 unspecified atom stereocenters. The van der Waals surface area contributed by atoms with Gasteiger partial charge in [-0.2, -0.15) is 13.2 Å². The first kappa shape index (κ1) is 41.0. The molecule has 11 nitrogen and oxygen atoms in total. The van der Waals surface area contributed by atoms with E-state index in [-0.39, 0.29) is 24.9 Å². The number of aromatic amines is 1. The number of aromatic nitrogens is 2. The maximum atomic E-state index is 14.6. The SMILES string of the molecule is Cc1ccc(C(F)(F)F)c2c1Sc1ncccc1CNC(CCCN)C(=O)NC(CCCCN)C(=O)N(C)C(Cc1c[nH]c3ccc(Cl)cc13)C(=O)NC2. The quantitative estimate of drug-likeness (QED) is 0.126. The number of carbonyl (C=O) groups is 3.